The Morgan fingerprint density at radius 2 is 2.32 bits per heavy atom. The normalized spacial score (nSPS) is 32.5. The molecule has 3 heteroatoms. The maximum Gasteiger partial charge on any atom is 0.165 e. The Labute approximate surface area is 115 Å². The van der Waals surface area contributed by atoms with Gasteiger partial charge in [0.15, 0.2) is 5.78 Å². The maximum atomic E-state index is 12.3. The molecule has 0 spiro atoms. The number of ether oxygens (including phenoxy) is 2. The number of carbonyl (C=O) groups is 1. The van der Waals surface area contributed by atoms with E-state index >= 15 is 0 Å². The van der Waals surface area contributed by atoms with Crippen LogP contribution in [0.1, 0.15) is 26.2 Å². The summed E-state index contributed by atoms with van der Waals surface area (Å²) >= 11 is 0. The summed E-state index contributed by atoms with van der Waals surface area (Å²) in [6.45, 7) is 6.82. The number of carbonyl (C=O) groups excluding carboxylic acids is 1. The Morgan fingerprint density at radius 1 is 1.53 bits per heavy atom. The Hall–Kier alpha value is -1.19. The molecule has 19 heavy (non-hydrogen) atoms. The molecule has 2 bridgehead atoms. The van der Waals surface area contributed by atoms with Crippen LogP contribution >= 0.6 is 0 Å². The number of methoxy groups -OCH3 is 1. The fraction of sp³-hybridized carbons (Fsp3) is 0.562. The minimum atomic E-state index is -0.349. The fourth-order valence-electron chi connectivity index (χ4n) is 3.34. The van der Waals surface area contributed by atoms with Gasteiger partial charge in [0.1, 0.15) is 6.79 Å². The molecule has 0 N–H and O–H groups in total. The van der Waals surface area contributed by atoms with Crippen LogP contribution in [0.4, 0.5) is 0 Å². The van der Waals surface area contributed by atoms with Crippen molar-refractivity contribution in [3.8, 4) is 0 Å². The molecule has 3 nitrogen and oxygen atoms in total. The van der Waals surface area contributed by atoms with Gasteiger partial charge in [0, 0.05) is 12.5 Å². The Kier molecular flexibility index (Phi) is 4.07. The van der Waals surface area contributed by atoms with E-state index in [-0.39, 0.29) is 16.6 Å². The zero-order valence-electron chi connectivity index (χ0n) is 11.8. The van der Waals surface area contributed by atoms with Gasteiger partial charge in [0.05, 0.1) is 12.0 Å². The van der Waals surface area contributed by atoms with E-state index in [2.05, 4.69) is 19.6 Å². The lowest BCUT2D eigenvalue weighted by Gasteiger charge is -2.35. The predicted octanol–water partition coefficient (Wildman–Crippen LogP) is 3.03. The first-order valence-corrected chi connectivity index (χ1v) is 6.70. The molecule has 0 heterocycles. The van der Waals surface area contributed by atoms with E-state index in [1.807, 2.05) is 12.2 Å². The second-order valence-corrected chi connectivity index (χ2v) is 5.57. The summed E-state index contributed by atoms with van der Waals surface area (Å²) in [5.41, 5.74) is 0.793. The van der Waals surface area contributed by atoms with Gasteiger partial charge in [-0.2, -0.15) is 0 Å². The van der Waals surface area contributed by atoms with Crippen molar-refractivity contribution in [3.05, 3.63) is 36.5 Å². The van der Waals surface area contributed by atoms with E-state index in [9.17, 15) is 4.79 Å². The molecule has 0 fully saturated rings. The Bertz CT molecular complexity index is 435. The lowest BCUT2D eigenvalue weighted by molar-refractivity contribution is -0.123. The average molecular weight is 262 g/mol. The maximum absolute atomic E-state index is 12.3. The molecule has 104 valence electrons. The quantitative estimate of drug-likeness (QED) is 0.402. The van der Waals surface area contributed by atoms with Crippen molar-refractivity contribution in [2.75, 3.05) is 20.5 Å². The molecule has 0 amide bonds. The van der Waals surface area contributed by atoms with Crippen molar-refractivity contribution >= 4 is 5.78 Å². The molecule has 0 aliphatic heterocycles. The topological polar surface area (TPSA) is 35.5 Å². The second kappa shape index (κ2) is 5.43. The predicted molar refractivity (Wildman–Crippen MR) is 74.6 cm³/mol. The molecule has 2 atom stereocenters. The third-order valence-corrected chi connectivity index (χ3v) is 4.33. The van der Waals surface area contributed by atoms with Gasteiger partial charge in [-0.15, -0.1) is 6.58 Å². The summed E-state index contributed by atoms with van der Waals surface area (Å²) in [4.78, 5) is 12.3. The lowest BCUT2D eigenvalue weighted by atomic mass is 9.67. The highest BCUT2D eigenvalue weighted by Gasteiger charge is 2.51. The molecular weight excluding hydrogens is 240 g/mol. The SMILES string of the molecule is C=CC[C@]12C[C@](CCOCOC)(C=CC1=O)C=C2C. The summed E-state index contributed by atoms with van der Waals surface area (Å²) in [7, 11) is 1.62. The monoisotopic (exact) mass is 262 g/mol. The number of ketones is 1. The van der Waals surface area contributed by atoms with Crippen LogP contribution in [0.15, 0.2) is 36.5 Å². The number of hydrogen-bond acceptors (Lipinski definition) is 3. The number of allylic oxidation sites excluding steroid dienone is 5. The van der Waals surface area contributed by atoms with Crippen LogP contribution in [-0.2, 0) is 14.3 Å². The first-order chi connectivity index (χ1) is 9.08. The van der Waals surface area contributed by atoms with Gasteiger partial charge < -0.3 is 9.47 Å². The highest BCUT2D eigenvalue weighted by atomic mass is 16.7. The van der Waals surface area contributed by atoms with Crippen molar-refractivity contribution in [1.29, 1.82) is 0 Å². The zero-order chi connectivity index (χ0) is 13.9. The van der Waals surface area contributed by atoms with Crippen molar-refractivity contribution in [2.45, 2.75) is 26.2 Å². The third-order valence-electron chi connectivity index (χ3n) is 4.33. The van der Waals surface area contributed by atoms with Gasteiger partial charge in [-0.25, -0.2) is 0 Å². The van der Waals surface area contributed by atoms with Crippen LogP contribution in [0.3, 0.4) is 0 Å². The van der Waals surface area contributed by atoms with Crippen molar-refractivity contribution in [3.63, 3.8) is 0 Å². The summed E-state index contributed by atoms with van der Waals surface area (Å²) in [6.07, 6.45) is 10.3. The molecule has 2 rings (SSSR count). The van der Waals surface area contributed by atoms with Gasteiger partial charge in [-0.1, -0.05) is 23.8 Å². The molecule has 0 saturated carbocycles. The minimum absolute atomic E-state index is 0.0330. The smallest absolute Gasteiger partial charge is 0.165 e. The van der Waals surface area contributed by atoms with Crippen molar-refractivity contribution < 1.29 is 14.3 Å². The van der Waals surface area contributed by atoms with Gasteiger partial charge in [-0.3, -0.25) is 4.79 Å². The molecule has 0 radical (unpaired) electrons. The van der Waals surface area contributed by atoms with Gasteiger partial charge in [0.2, 0.25) is 0 Å². The highest BCUT2D eigenvalue weighted by Crippen LogP contribution is 2.56. The van der Waals surface area contributed by atoms with E-state index in [1.54, 1.807) is 13.2 Å². The molecular formula is C16H22O3. The summed E-state index contributed by atoms with van der Waals surface area (Å²) in [5.74, 6) is 0.215. The molecule has 2 aliphatic carbocycles. The summed E-state index contributed by atoms with van der Waals surface area (Å²) in [5, 5.41) is 0. The second-order valence-electron chi connectivity index (χ2n) is 5.57. The summed E-state index contributed by atoms with van der Waals surface area (Å²) < 4.78 is 10.3. The van der Waals surface area contributed by atoms with Crippen LogP contribution in [0, 0.1) is 10.8 Å². The van der Waals surface area contributed by atoms with Crippen LogP contribution in [-0.4, -0.2) is 26.3 Å². The highest BCUT2D eigenvalue weighted by molar-refractivity contribution is 5.99. The molecule has 0 aromatic heterocycles. The average Bonchev–Trinajstić information content (AvgIpc) is 2.62. The first kappa shape index (κ1) is 14.2. The minimum Gasteiger partial charge on any atom is -0.359 e. The third kappa shape index (κ3) is 2.45. The van der Waals surface area contributed by atoms with E-state index in [0.717, 1.165) is 19.3 Å². The van der Waals surface area contributed by atoms with Gasteiger partial charge in [-0.05, 0) is 32.3 Å². The number of fused-ring (bicyclic) bond motifs is 2. The Morgan fingerprint density at radius 3 is 3.00 bits per heavy atom. The van der Waals surface area contributed by atoms with Gasteiger partial charge >= 0.3 is 0 Å². The molecule has 0 aromatic carbocycles. The van der Waals surface area contributed by atoms with E-state index in [4.69, 9.17) is 9.47 Å². The lowest BCUT2D eigenvalue weighted by Crippen LogP contribution is -2.35. The van der Waals surface area contributed by atoms with E-state index in [0.29, 0.717) is 13.4 Å². The molecule has 0 saturated heterocycles. The number of hydrogen-bond donors (Lipinski definition) is 0. The molecule has 0 aromatic rings. The van der Waals surface area contributed by atoms with Crippen LogP contribution < -0.4 is 0 Å². The zero-order valence-corrected chi connectivity index (χ0v) is 11.8. The molecule has 0 unspecified atom stereocenters. The van der Waals surface area contributed by atoms with Crippen LogP contribution in [0.25, 0.3) is 0 Å². The summed E-state index contributed by atoms with van der Waals surface area (Å²) in [6, 6.07) is 0. The van der Waals surface area contributed by atoms with Crippen molar-refractivity contribution in [2.24, 2.45) is 10.8 Å². The standard InChI is InChI=1S/C16H22O3/c1-4-6-16-11-15(10-13(16)2,7-5-14(16)17)8-9-19-12-18-3/h4-5,7,10H,1,6,8-9,11-12H2,2-3H3/t15-,16+/m0/s1. The molecule has 2 aliphatic rings. The van der Waals surface area contributed by atoms with Crippen molar-refractivity contribution in [1.82, 2.24) is 0 Å². The fourth-order valence-corrected chi connectivity index (χ4v) is 3.34. The Balaban J connectivity index is 2.14. The van der Waals surface area contributed by atoms with E-state index < -0.39 is 0 Å². The van der Waals surface area contributed by atoms with E-state index in [1.165, 1.54) is 5.57 Å². The number of rotatable bonds is 7. The van der Waals surface area contributed by atoms with Crippen LogP contribution in [0.5, 0.6) is 0 Å². The largest absolute Gasteiger partial charge is 0.359 e. The first-order valence-electron chi connectivity index (χ1n) is 6.70. The van der Waals surface area contributed by atoms with Crippen LogP contribution in [0.2, 0.25) is 0 Å². The van der Waals surface area contributed by atoms with Gasteiger partial charge in [0.25, 0.3) is 0 Å².